The van der Waals surface area contributed by atoms with E-state index >= 15 is 0 Å². The van der Waals surface area contributed by atoms with Crippen molar-refractivity contribution in [2.24, 2.45) is 0 Å². The van der Waals surface area contributed by atoms with Crippen LogP contribution in [0.15, 0.2) is 59.0 Å². The fourth-order valence-corrected chi connectivity index (χ4v) is 2.71. The molecule has 0 aliphatic heterocycles. The molecule has 4 nitrogen and oxygen atoms in total. The number of nitrogens with zero attached hydrogens (tertiary/aromatic N) is 1. The van der Waals surface area contributed by atoms with Crippen LogP contribution in [0.25, 0.3) is 11.0 Å². The van der Waals surface area contributed by atoms with Crippen LogP contribution in [0.4, 0.5) is 0 Å². The second-order valence-electron chi connectivity index (χ2n) is 5.97. The van der Waals surface area contributed by atoms with E-state index in [1.165, 1.54) is 7.11 Å². The van der Waals surface area contributed by atoms with E-state index in [-0.39, 0.29) is 12.0 Å². The number of hydrogen-bond acceptors (Lipinski definition) is 4. The number of benzene rings is 2. The van der Waals surface area contributed by atoms with E-state index in [1.807, 2.05) is 30.3 Å². The number of furan rings is 1. The fourth-order valence-electron chi connectivity index (χ4n) is 2.71. The van der Waals surface area contributed by atoms with Crippen LogP contribution in [0.5, 0.6) is 0 Å². The van der Waals surface area contributed by atoms with Crippen LogP contribution in [0, 0.1) is 0 Å². The molecule has 4 heteroatoms. The third kappa shape index (κ3) is 3.34. The Morgan fingerprint density at radius 2 is 1.88 bits per heavy atom. The monoisotopic (exact) mass is 323 g/mol. The highest BCUT2D eigenvalue weighted by atomic mass is 16.5. The second kappa shape index (κ2) is 6.89. The van der Waals surface area contributed by atoms with Gasteiger partial charge in [-0.25, -0.2) is 4.79 Å². The summed E-state index contributed by atoms with van der Waals surface area (Å²) in [7, 11) is 3.45. The van der Waals surface area contributed by atoms with E-state index in [0.717, 1.165) is 28.8 Å². The van der Waals surface area contributed by atoms with Crippen molar-refractivity contribution in [3.05, 3.63) is 71.5 Å². The summed E-state index contributed by atoms with van der Waals surface area (Å²) in [4.78, 5) is 13.7. The number of carbonyl (C=O) groups is 1. The number of carbonyl (C=O) groups excluding carboxylic acids is 1. The number of rotatable bonds is 5. The minimum absolute atomic E-state index is 0.151. The zero-order valence-electron chi connectivity index (χ0n) is 14.2. The molecule has 1 aromatic heterocycles. The molecule has 0 amide bonds. The van der Waals surface area contributed by atoms with Crippen molar-refractivity contribution in [1.82, 2.24) is 4.90 Å². The molecule has 0 saturated heterocycles. The van der Waals surface area contributed by atoms with Gasteiger partial charge in [0, 0.05) is 11.9 Å². The Morgan fingerprint density at radius 3 is 2.54 bits per heavy atom. The Bertz CT molecular complexity index is 802. The number of para-hydroxylation sites is 1. The van der Waals surface area contributed by atoms with Gasteiger partial charge >= 0.3 is 5.97 Å². The highest BCUT2D eigenvalue weighted by molar-refractivity contribution is 5.89. The van der Waals surface area contributed by atoms with Crippen molar-refractivity contribution in [2.45, 2.75) is 19.5 Å². The molecule has 0 saturated carbocycles. The molecule has 3 rings (SSSR count). The first kappa shape index (κ1) is 16.3. The number of fused-ring (bicyclic) bond motifs is 1. The third-order valence-corrected chi connectivity index (χ3v) is 4.32. The smallest absolute Gasteiger partial charge is 0.337 e. The molecular weight excluding hydrogens is 302 g/mol. The lowest BCUT2D eigenvalue weighted by Gasteiger charge is -2.23. The molecule has 0 fully saturated rings. The van der Waals surface area contributed by atoms with Crippen LogP contribution in [0.2, 0.25) is 0 Å². The summed E-state index contributed by atoms with van der Waals surface area (Å²) in [5.41, 5.74) is 2.61. The molecule has 0 aliphatic carbocycles. The molecular formula is C20H21NO3. The molecule has 2 aromatic carbocycles. The van der Waals surface area contributed by atoms with Crippen molar-refractivity contribution in [3.63, 3.8) is 0 Å². The maximum absolute atomic E-state index is 11.5. The number of hydrogen-bond donors (Lipinski definition) is 0. The van der Waals surface area contributed by atoms with Crippen LogP contribution < -0.4 is 0 Å². The number of methoxy groups -OCH3 is 1. The highest BCUT2D eigenvalue weighted by Gasteiger charge is 2.16. The van der Waals surface area contributed by atoms with Gasteiger partial charge in [0.05, 0.1) is 18.7 Å². The standard InChI is InChI=1S/C20H21NO3/c1-14(19-12-17-6-4-5-7-18(17)24-19)21(2)13-15-8-10-16(11-9-15)20(22)23-3/h4-12,14H,13H2,1-3H3/t14-/m1/s1. The maximum atomic E-state index is 11.5. The molecule has 124 valence electrons. The molecule has 0 unspecified atom stereocenters. The van der Waals surface area contributed by atoms with E-state index in [1.54, 1.807) is 12.1 Å². The van der Waals surface area contributed by atoms with Gasteiger partial charge < -0.3 is 9.15 Å². The number of esters is 1. The Kier molecular flexibility index (Phi) is 4.67. The number of ether oxygens (including phenoxy) is 1. The minimum Gasteiger partial charge on any atom is -0.465 e. The topological polar surface area (TPSA) is 42.7 Å². The van der Waals surface area contributed by atoms with Gasteiger partial charge in [0.25, 0.3) is 0 Å². The van der Waals surface area contributed by atoms with E-state index in [4.69, 9.17) is 9.15 Å². The van der Waals surface area contributed by atoms with Gasteiger partial charge in [-0.3, -0.25) is 4.90 Å². The molecule has 0 radical (unpaired) electrons. The van der Waals surface area contributed by atoms with Crippen LogP contribution in [-0.2, 0) is 11.3 Å². The van der Waals surface area contributed by atoms with Crippen LogP contribution in [0.1, 0.15) is 34.6 Å². The SMILES string of the molecule is COC(=O)c1ccc(CN(C)[C@H](C)c2cc3ccccc3o2)cc1. The van der Waals surface area contributed by atoms with Crippen LogP contribution in [0.3, 0.4) is 0 Å². The van der Waals surface area contributed by atoms with E-state index < -0.39 is 0 Å². The Morgan fingerprint density at radius 1 is 1.17 bits per heavy atom. The predicted octanol–water partition coefficient (Wildman–Crippen LogP) is 4.41. The zero-order valence-corrected chi connectivity index (χ0v) is 14.2. The third-order valence-electron chi connectivity index (χ3n) is 4.32. The van der Waals surface area contributed by atoms with Crippen molar-refractivity contribution in [2.75, 3.05) is 14.2 Å². The van der Waals surface area contributed by atoms with Gasteiger partial charge in [0.2, 0.25) is 0 Å². The Balaban J connectivity index is 1.71. The lowest BCUT2D eigenvalue weighted by Crippen LogP contribution is -2.21. The van der Waals surface area contributed by atoms with Crippen LogP contribution in [-0.4, -0.2) is 25.0 Å². The quantitative estimate of drug-likeness (QED) is 0.652. The lowest BCUT2D eigenvalue weighted by molar-refractivity contribution is 0.0600. The summed E-state index contributed by atoms with van der Waals surface area (Å²) < 4.78 is 10.7. The summed E-state index contributed by atoms with van der Waals surface area (Å²) in [6.07, 6.45) is 0. The molecule has 24 heavy (non-hydrogen) atoms. The first-order valence-electron chi connectivity index (χ1n) is 7.94. The fraction of sp³-hybridized carbons (Fsp3) is 0.250. The average Bonchev–Trinajstić information content (AvgIpc) is 3.05. The van der Waals surface area contributed by atoms with Crippen molar-refractivity contribution in [1.29, 1.82) is 0 Å². The van der Waals surface area contributed by atoms with E-state index in [9.17, 15) is 4.79 Å². The molecule has 0 N–H and O–H groups in total. The van der Waals surface area contributed by atoms with Gasteiger partial charge in [-0.2, -0.15) is 0 Å². The van der Waals surface area contributed by atoms with Crippen molar-refractivity contribution < 1.29 is 13.9 Å². The van der Waals surface area contributed by atoms with Crippen molar-refractivity contribution >= 4 is 16.9 Å². The van der Waals surface area contributed by atoms with Gasteiger partial charge in [0.1, 0.15) is 11.3 Å². The minimum atomic E-state index is -0.314. The van der Waals surface area contributed by atoms with Gasteiger partial charge in [-0.05, 0) is 43.8 Å². The summed E-state index contributed by atoms with van der Waals surface area (Å²) in [5.74, 6) is 0.635. The lowest BCUT2D eigenvalue weighted by atomic mass is 10.1. The highest BCUT2D eigenvalue weighted by Crippen LogP contribution is 2.27. The molecule has 1 heterocycles. The summed E-state index contributed by atoms with van der Waals surface area (Å²) in [6.45, 7) is 2.89. The summed E-state index contributed by atoms with van der Waals surface area (Å²) in [6, 6.07) is 17.8. The molecule has 3 aromatic rings. The normalized spacial score (nSPS) is 12.5. The van der Waals surface area contributed by atoms with Gasteiger partial charge in [-0.1, -0.05) is 30.3 Å². The largest absolute Gasteiger partial charge is 0.465 e. The molecule has 0 aliphatic rings. The van der Waals surface area contributed by atoms with Gasteiger partial charge in [0.15, 0.2) is 0 Å². The molecule has 1 atom stereocenters. The van der Waals surface area contributed by atoms with E-state index in [0.29, 0.717) is 5.56 Å². The second-order valence-corrected chi connectivity index (χ2v) is 5.97. The first-order chi connectivity index (χ1) is 11.6. The molecule has 0 spiro atoms. The van der Waals surface area contributed by atoms with E-state index in [2.05, 4.69) is 31.0 Å². The first-order valence-corrected chi connectivity index (χ1v) is 7.94. The summed E-state index contributed by atoms with van der Waals surface area (Å²) in [5, 5.41) is 1.12. The maximum Gasteiger partial charge on any atom is 0.337 e. The Hall–Kier alpha value is -2.59. The Labute approximate surface area is 141 Å². The van der Waals surface area contributed by atoms with Crippen LogP contribution >= 0.6 is 0 Å². The van der Waals surface area contributed by atoms with Gasteiger partial charge in [-0.15, -0.1) is 0 Å². The summed E-state index contributed by atoms with van der Waals surface area (Å²) >= 11 is 0. The molecule has 0 bridgehead atoms. The van der Waals surface area contributed by atoms with Crippen molar-refractivity contribution in [3.8, 4) is 0 Å². The predicted molar refractivity (Wildman–Crippen MR) is 93.9 cm³/mol. The zero-order chi connectivity index (χ0) is 17.1. The average molecular weight is 323 g/mol.